The van der Waals surface area contributed by atoms with Gasteiger partial charge in [-0.25, -0.2) is 4.79 Å². The van der Waals surface area contributed by atoms with E-state index in [-0.39, 0.29) is 5.97 Å². The molecule has 0 saturated heterocycles. The minimum absolute atomic E-state index is 0.341. The van der Waals surface area contributed by atoms with Gasteiger partial charge in [0, 0.05) is 5.69 Å². The zero-order valence-electron chi connectivity index (χ0n) is 11.6. The van der Waals surface area contributed by atoms with Crippen LogP contribution in [0.15, 0.2) is 42.5 Å². The van der Waals surface area contributed by atoms with Gasteiger partial charge in [0.25, 0.3) is 0 Å². The van der Waals surface area contributed by atoms with Crippen LogP contribution in [-0.2, 0) is 11.3 Å². The zero-order valence-corrected chi connectivity index (χ0v) is 11.6. The molecule has 20 heavy (non-hydrogen) atoms. The summed E-state index contributed by atoms with van der Waals surface area (Å²) in [5, 5.41) is 0. The fourth-order valence-electron chi connectivity index (χ4n) is 1.76. The minimum Gasteiger partial charge on any atom is -0.489 e. The first-order valence-electron chi connectivity index (χ1n) is 6.26. The number of aryl methyl sites for hydroxylation is 1. The normalized spacial score (nSPS) is 10.1. The Morgan fingerprint density at radius 2 is 1.85 bits per heavy atom. The second-order valence-electron chi connectivity index (χ2n) is 4.50. The van der Waals surface area contributed by atoms with Crippen molar-refractivity contribution in [3.8, 4) is 5.75 Å². The van der Waals surface area contributed by atoms with Crippen molar-refractivity contribution in [2.45, 2.75) is 13.5 Å². The highest BCUT2D eigenvalue weighted by molar-refractivity contribution is 5.89. The van der Waals surface area contributed by atoms with Gasteiger partial charge < -0.3 is 15.2 Å². The maximum Gasteiger partial charge on any atom is 0.337 e. The molecule has 0 saturated carbocycles. The molecule has 104 valence electrons. The summed E-state index contributed by atoms with van der Waals surface area (Å²) in [5.41, 5.74) is 9.00. The molecule has 0 spiro atoms. The molecule has 0 radical (unpaired) electrons. The number of hydrogen-bond acceptors (Lipinski definition) is 4. The van der Waals surface area contributed by atoms with Gasteiger partial charge in [-0.2, -0.15) is 0 Å². The Morgan fingerprint density at radius 1 is 1.15 bits per heavy atom. The molecule has 0 bridgehead atoms. The Labute approximate surface area is 118 Å². The second-order valence-corrected chi connectivity index (χ2v) is 4.50. The molecule has 0 aromatic heterocycles. The molecule has 0 fully saturated rings. The van der Waals surface area contributed by atoms with Crippen molar-refractivity contribution in [2.75, 3.05) is 12.8 Å². The van der Waals surface area contributed by atoms with Crippen LogP contribution in [0.3, 0.4) is 0 Å². The van der Waals surface area contributed by atoms with Crippen LogP contribution in [0.5, 0.6) is 5.75 Å². The van der Waals surface area contributed by atoms with E-state index >= 15 is 0 Å². The molecule has 0 heterocycles. The summed E-state index contributed by atoms with van der Waals surface area (Å²) < 4.78 is 10.3. The van der Waals surface area contributed by atoms with Gasteiger partial charge >= 0.3 is 5.97 Å². The number of esters is 1. The summed E-state index contributed by atoms with van der Waals surface area (Å²) in [6.07, 6.45) is 0. The van der Waals surface area contributed by atoms with E-state index in [1.807, 2.05) is 37.3 Å². The monoisotopic (exact) mass is 271 g/mol. The highest BCUT2D eigenvalue weighted by Crippen LogP contribution is 2.19. The number of ether oxygens (including phenoxy) is 2. The number of benzene rings is 2. The molecule has 2 N–H and O–H groups in total. The predicted octanol–water partition coefficient (Wildman–Crippen LogP) is 2.94. The van der Waals surface area contributed by atoms with Crippen LogP contribution in [0.25, 0.3) is 0 Å². The molecule has 0 aliphatic heterocycles. The van der Waals surface area contributed by atoms with Crippen molar-refractivity contribution in [1.29, 1.82) is 0 Å². The number of rotatable bonds is 4. The van der Waals surface area contributed by atoms with Crippen LogP contribution >= 0.6 is 0 Å². The molecule has 0 aliphatic carbocycles. The summed E-state index contributed by atoms with van der Waals surface area (Å²) in [6, 6.07) is 12.7. The van der Waals surface area contributed by atoms with Crippen molar-refractivity contribution >= 4 is 11.7 Å². The van der Waals surface area contributed by atoms with Gasteiger partial charge in [0.15, 0.2) is 0 Å². The van der Waals surface area contributed by atoms with Crippen LogP contribution in [0.2, 0.25) is 0 Å². The fourth-order valence-corrected chi connectivity index (χ4v) is 1.76. The van der Waals surface area contributed by atoms with Gasteiger partial charge in [0.2, 0.25) is 0 Å². The molecule has 0 aliphatic rings. The third kappa shape index (κ3) is 3.29. The molecule has 4 nitrogen and oxygen atoms in total. The van der Waals surface area contributed by atoms with E-state index in [1.165, 1.54) is 7.11 Å². The molecular formula is C16H17NO3. The maximum atomic E-state index is 11.3. The average molecular weight is 271 g/mol. The van der Waals surface area contributed by atoms with Crippen molar-refractivity contribution in [3.05, 3.63) is 59.2 Å². The molecule has 0 unspecified atom stereocenters. The van der Waals surface area contributed by atoms with Gasteiger partial charge in [-0.1, -0.05) is 12.1 Å². The summed E-state index contributed by atoms with van der Waals surface area (Å²) in [6.45, 7) is 2.37. The van der Waals surface area contributed by atoms with Crippen LogP contribution < -0.4 is 10.5 Å². The number of methoxy groups -OCH3 is 1. The SMILES string of the molecule is COC(=O)c1ccc(COc2ccc(N)c(C)c2)cc1. The summed E-state index contributed by atoms with van der Waals surface area (Å²) in [7, 11) is 1.36. The first kappa shape index (κ1) is 13.9. The topological polar surface area (TPSA) is 61.5 Å². The molecular weight excluding hydrogens is 254 g/mol. The van der Waals surface area contributed by atoms with Gasteiger partial charge in [-0.05, 0) is 48.4 Å². The lowest BCUT2D eigenvalue weighted by Crippen LogP contribution is -2.02. The Hall–Kier alpha value is -2.49. The van der Waals surface area contributed by atoms with Crippen LogP contribution in [0.1, 0.15) is 21.5 Å². The number of carbonyl (C=O) groups is 1. The van der Waals surface area contributed by atoms with Crippen LogP contribution in [-0.4, -0.2) is 13.1 Å². The second kappa shape index (κ2) is 6.10. The van der Waals surface area contributed by atoms with Crippen molar-refractivity contribution in [1.82, 2.24) is 0 Å². The number of hydrogen-bond donors (Lipinski definition) is 1. The predicted molar refractivity (Wildman–Crippen MR) is 77.7 cm³/mol. The quantitative estimate of drug-likeness (QED) is 0.686. The van der Waals surface area contributed by atoms with Gasteiger partial charge in [-0.15, -0.1) is 0 Å². The van der Waals surface area contributed by atoms with E-state index in [1.54, 1.807) is 12.1 Å². The molecule has 2 aromatic rings. The number of carbonyl (C=O) groups excluding carboxylic acids is 1. The first-order chi connectivity index (χ1) is 9.60. The first-order valence-corrected chi connectivity index (χ1v) is 6.26. The van der Waals surface area contributed by atoms with Crippen LogP contribution in [0, 0.1) is 6.92 Å². The summed E-state index contributed by atoms with van der Waals surface area (Å²) in [5.74, 6) is 0.431. The Bertz CT molecular complexity index is 606. The molecule has 2 rings (SSSR count). The fraction of sp³-hybridized carbons (Fsp3) is 0.188. The van der Waals surface area contributed by atoms with E-state index in [4.69, 9.17) is 10.5 Å². The third-order valence-electron chi connectivity index (χ3n) is 3.02. The molecule has 4 heteroatoms. The van der Waals surface area contributed by atoms with Gasteiger partial charge in [0.05, 0.1) is 12.7 Å². The lowest BCUT2D eigenvalue weighted by atomic mass is 10.1. The van der Waals surface area contributed by atoms with Gasteiger partial charge in [-0.3, -0.25) is 0 Å². The third-order valence-corrected chi connectivity index (χ3v) is 3.02. The van der Waals surface area contributed by atoms with Crippen LogP contribution in [0.4, 0.5) is 5.69 Å². The average Bonchev–Trinajstić information content (AvgIpc) is 2.48. The summed E-state index contributed by atoms with van der Waals surface area (Å²) in [4.78, 5) is 11.3. The highest BCUT2D eigenvalue weighted by atomic mass is 16.5. The van der Waals surface area contributed by atoms with E-state index in [2.05, 4.69) is 4.74 Å². The highest BCUT2D eigenvalue weighted by Gasteiger charge is 2.04. The van der Waals surface area contributed by atoms with Crippen molar-refractivity contribution < 1.29 is 14.3 Å². The molecule has 0 atom stereocenters. The largest absolute Gasteiger partial charge is 0.489 e. The van der Waals surface area contributed by atoms with E-state index in [0.717, 1.165) is 22.6 Å². The van der Waals surface area contributed by atoms with E-state index < -0.39 is 0 Å². The van der Waals surface area contributed by atoms with E-state index in [9.17, 15) is 4.79 Å². The Balaban J connectivity index is 2.00. The Morgan fingerprint density at radius 3 is 2.45 bits per heavy atom. The van der Waals surface area contributed by atoms with Crippen molar-refractivity contribution in [2.24, 2.45) is 0 Å². The summed E-state index contributed by atoms with van der Waals surface area (Å²) >= 11 is 0. The smallest absolute Gasteiger partial charge is 0.337 e. The number of nitrogens with two attached hydrogens (primary N) is 1. The molecule has 0 amide bonds. The number of nitrogen functional groups attached to an aromatic ring is 1. The minimum atomic E-state index is -0.341. The maximum absolute atomic E-state index is 11.3. The lowest BCUT2D eigenvalue weighted by molar-refractivity contribution is 0.0600. The molecule has 2 aromatic carbocycles. The Kier molecular flexibility index (Phi) is 4.25. The number of anilines is 1. The standard InChI is InChI=1S/C16H17NO3/c1-11-9-14(7-8-15(11)17)20-10-12-3-5-13(6-4-12)16(18)19-2/h3-9H,10,17H2,1-2H3. The van der Waals surface area contributed by atoms with Gasteiger partial charge in [0.1, 0.15) is 12.4 Å². The zero-order chi connectivity index (χ0) is 14.5. The lowest BCUT2D eigenvalue weighted by Gasteiger charge is -2.08. The van der Waals surface area contributed by atoms with Crippen molar-refractivity contribution in [3.63, 3.8) is 0 Å². The van der Waals surface area contributed by atoms with E-state index in [0.29, 0.717) is 12.2 Å².